The van der Waals surface area contributed by atoms with Gasteiger partial charge in [-0.25, -0.2) is 4.79 Å². The molecule has 3 heterocycles. The SMILES string of the molecule is Cc1c(N2CCN(C)C(C)(C)C2)ccc2c3c(c(=O)oc12)CNCC3. The van der Waals surface area contributed by atoms with E-state index in [0.29, 0.717) is 6.54 Å². The van der Waals surface area contributed by atoms with Gasteiger partial charge in [0.1, 0.15) is 5.58 Å². The Morgan fingerprint density at radius 2 is 2.00 bits per heavy atom. The maximum atomic E-state index is 12.4. The Labute approximate surface area is 148 Å². The summed E-state index contributed by atoms with van der Waals surface area (Å²) >= 11 is 0. The van der Waals surface area contributed by atoms with Crippen LogP contribution >= 0.6 is 0 Å². The average molecular weight is 341 g/mol. The Morgan fingerprint density at radius 3 is 2.76 bits per heavy atom. The summed E-state index contributed by atoms with van der Waals surface area (Å²) in [6, 6.07) is 4.36. The number of piperazine rings is 1. The first-order chi connectivity index (χ1) is 11.9. The zero-order chi connectivity index (χ0) is 17.8. The van der Waals surface area contributed by atoms with Crippen LogP contribution in [0.5, 0.6) is 0 Å². The monoisotopic (exact) mass is 341 g/mol. The number of likely N-dealkylation sites (N-methyl/N-ethyl adjacent to an activating group) is 1. The van der Waals surface area contributed by atoms with Crippen molar-refractivity contribution in [3.8, 4) is 0 Å². The van der Waals surface area contributed by atoms with Crippen LogP contribution in [0.3, 0.4) is 0 Å². The highest BCUT2D eigenvalue weighted by Crippen LogP contribution is 2.33. The summed E-state index contributed by atoms with van der Waals surface area (Å²) in [4.78, 5) is 17.3. The Hall–Kier alpha value is -1.85. The minimum absolute atomic E-state index is 0.127. The standard InChI is InChI=1S/C20H27N3O2/c1-13-17(23-10-9-22(4)20(2,3)12-23)6-5-15-14-7-8-21-11-16(14)19(24)25-18(13)15/h5-6,21H,7-12H2,1-4H3. The minimum atomic E-state index is -0.186. The van der Waals surface area contributed by atoms with Crippen molar-refractivity contribution in [2.24, 2.45) is 0 Å². The van der Waals surface area contributed by atoms with E-state index in [1.807, 2.05) is 0 Å². The number of benzene rings is 1. The molecule has 1 aromatic carbocycles. The molecule has 0 bridgehead atoms. The minimum Gasteiger partial charge on any atom is -0.422 e. The molecule has 1 N–H and O–H groups in total. The smallest absolute Gasteiger partial charge is 0.341 e. The van der Waals surface area contributed by atoms with Crippen LogP contribution in [0.25, 0.3) is 11.0 Å². The lowest BCUT2D eigenvalue weighted by Gasteiger charge is -2.46. The molecule has 0 radical (unpaired) electrons. The van der Waals surface area contributed by atoms with Gasteiger partial charge in [0.2, 0.25) is 0 Å². The lowest BCUT2D eigenvalue weighted by Crippen LogP contribution is -2.57. The van der Waals surface area contributed by atoms with Crippen LogP contribution in [-0.2, 0) is 13.0 Å². The van der Waals surface area contributed by atoms with Gasteiger partial charge >= 0.3 is 5.63 Å². The Morgan fingerprint density at radius 1 is 1.20 bits per heavy atom. The van der Waals surface area contributed by atoms with Gasteiger partial charge in [0.25, 0.3) is 0 Å². The van der Waals surface area contributed by atoms with E-state index in [2.05, 4.69) is 55.1 Å². The zero-order valence-corrected chi connectivity index (χ0v) is 15.6. The van der Waals surface area contributed by atoms with Gasteiger partial charge in [-0.3, -0.25) is 4.90 Å². The molecule has 0 amide bonds. The van der Waals surface area contributed by atoms with Crippen molar-refractivity contribution in [2.45, 2.75) is 39.3 Å². The van der Waals surface area contributed by atoms with E-state index in [4.69, 9.17) is 4.42 Å². The van der Waals surface area contributed by atoms with Gasteiger partial charge in [-0.05, 0) is 58.5 Å². The van der Waals surface area contributed by atoms with Crippen LogP contribution in [0.4, 0.5) is 5.69 Å². The molecule has 2 aliphatic heterocycles. The Balaban J connectivity index is 1.82. The maximum Gasteiger partial charge on any atom is 0.341 e. The average Bonchev–Trinajstić information content (AvgIpc) is 2.59. The molecule has 5 nitrogen and oxygen atoms in total. The van der Waals surface area contributed by atoms with Crippen LogP contribution < -0.4 is 15.8 Å². The molecule has 1 aromatic heterocycles. The molecule has 0 aliphatic carbocycles. The summed E-state index contributed by atoms with van der Waals surface area (Å²) < 4.78 is 5.76. The molecule has 0 saturated carbocycles. The second-order valence-corrected chi connectivity index (χ2v) is 8.02. The topological polar surface area (TPSA) is 48.7 Å². The van der Waals surface area contributed by atoms with E-state index < -0.39 is 0 Å². The first kappa shape index (κ1) is 16.6. The first-order valence-corrected chi connectivity index (χ1v) is 9.13. The molecule has 1 fully saturated rings. The number of fused-ring (bicyclic) bond motifs is 3. The number of hydrogen-bond acceptors (Lipinski definition) is 5. The fraction of sp³-hybridized carbons (Fsp3) is 0.550. The number of anilines is 1. The van der Waals surface area contributed by atoms with Crippen molar-refractivity contribution in [1.82, 2.24) is 10.2 Å². The van der Waals surface area contributed by atoms with Crippen LogP contribution in [-0.4, -0.2) is 43.7 Å². The molecule has 0 atom stereocenters. The molecule has 0 unspecified atom stereocenters. The fourth-order valence-electron chi connectivity index (χ4n) is 4.17. The lowest BCUT2D eigenvalue weighted by molar-refractivity contribution is 0.139. The third-order valence-corrected chi connectivity index (χ3v) is 6.02. The van der Waals surface area contributed by atoms with Gasteiger partial charge in [0, 0.05) is 48.4 Å². The Bertz CT molecular complexity index is 885. The van der Waals surface area contributed by atoms with Gasteiger partial charge in [0.05, 0.1) is 5.56 Å². The van der Waals surface area contributed by atoms with Gasteiger partial charge in [0.15, 0.2) is 0 Å². The van der Waals surface area contributed by atoms with Crippen molar-refractivity contribution in [3.05, 3.63) is 39.2 Å². The second-order valence-electron chi connectivity index (χ2n) is 8.02. The summed E-state index contributed by atoms with van der Waals surface area (Å²) in [5.41, 5.74) is 4.93. The maximum absolute atomic E-state index is 12.4. The van der Waals surface area contributed by atoms with E-state index >= 15 is 0 Å². The summed E-state index contributed by atoms with van der Waals surface area (Å²) in [6.45, 7) is 11.2. The predicted octanol–water partition coefficient (Wildman–Crippen LogP) is 2.28. The van der Waals surface area contributed by atoms with Gasteiger partial charge in [-0.1, -0.05) is 0 Å². The summed E-state index contributed by atoms with van der Waals surface area (Å²) in [5.74, 6) is 0. The molecule has 25 heavy (non-hydrogen) atoms. The van der Waals surface area contributed by atoms with E-state index in [0.717, 1.165) is 54.7 Å². The van der Waals surface area contributed by atoms with Crippen LogP contribution in [0.1, 0.15) is 30.5 Å². The lowest BCUT2D eigenvalue weighted by atomic mass is 9.95. The van der Waals surface area contributed by atoms with Crippen LogP contribution in [0.15, 0.2) is 21.3 Å². The van der Waals surface area contributed by atoms with E-state index in [1.165, 1.54) is 11.3 Å². The first-order valence-electron chi connectivity index (χ1n) is 9.13. The molecule has 2 aliphatic rings. The van der Waals surface area contributed by atoms with Gasteiger partial charge in [-0.15, -0.1) is 0 Å². The molecule has 2 aromatic rings. The number of nitrogens with zero attached hydrogens (tertiary/aromatic N) is 2. The highest BCUT2D eigenvalue weighted by molar-refractivity contribution is 5.88. The van der Waals surface area contributed by atoms with Crippen molar-refractivity contribution in [2.75, 3.05) is 38.1 Å². The van der Waals surface area contributed by atoms with Crippen LogP contribution in [0, 0.1) is 6.92 Å². The Kier molecular flexibility index (Phi) is 3.89. The molecule has 0 spiro atoms. The number of nitrogens with one attached hydrogen (secondary N) is 1. The van der Waals surface area contributed by atoms with E-state index in [9.17, 15) is 4.79 Å². The highest BCUT2D eigenvalue weighted by atomic mass is 16.4. The number of hydrogen-bond donors (Lipinski definition) is 1. The molecular formula is C20H27N3O2. The predicted molar refractivity (Wildman–Crippen MR) is 102 cm³/mol. The largest absolute Gasteiger partial charge is 0.422 e. The highest BCUT2D eigenvalue weighted by Gasteiger charge is 2.32. The molecule has 4 rings (SSSR count). The normalized spacial score (nSPS) is 20.7. The molecule has 134 valence electrons. The van der Waals surface area contributed by atoms with Gasteiger partial charge < -0.3 is 14.6 Å². The molecule has 1 saturated heterocycles. The van der Waals surface area contributed by atoms with Gasteiger partial charge in [-0.2, -0.15) is 0 Å². The van der Waals surface area contributed by atoms with E-state index in [1.54, 1.807) is 0 Å². The summed E-state index contributed by atoms with van der Waals surface area (Å²) in [5, 5.41) is 4.37. The summed E-state index contributed by atoms with van der Waals surface area (Å²) in [7, 11) is 2.18. The third kappa shape index (κ3) is 2.66. The van der Waals surface area contributed by atoms with Crippen molar-refractivity contribution in [3.63, 3.8) is 0 Å². The fourth-order valence-corrected chi connectivity index (χ4v) is 4.17. The molecule has 5 heteroatoms. The van der Waals surface area contributed by atoms with Crippen molar-refractivity contribution >= 4 is 16.7 Å². The molecular weight excluding hydrogens is 314 g/mol. The third-order valence-electron chi connectivity index (χ3n) is 6.02. The zero-order valence-electron chi connectivity index (χ0n) is 15.6. The summed E-state index contributed by atoms with van der Waals surface area (Å²) in [6.07, 6.45) is 0.887. The second kappa shape index (κ2) is 5.85. The number of rotatable bonds is 1. The van der Waals surface area contributed by atoms with E-state index in [-0.39, 0.29) is 11.2 Å². The number of aryl methyl sites for hydroxylation is 1. The van der Waals surface area contributed by atoms with Crippen LogP contribution in [0.2, 0.25) is 0 Å². The quantitative estimate of drug-likeness (QED) is 0.807. The van der Waals surface area contributed by atoms with Crippen molar-refractivity contribution in [1.29, 1.82) is 0 Å². The van der Waals surface area contributed by atoms with Crippen molar-refractivity contribution < 1.29 is 4.42 Å².